The van der Waals surface area contributed by atoms with Gasteiger partial charge in [-0.1, -0.05) is 29.8 Å². The van der Waals surface area contributed by atoms with Crippen molar-refractivity contribution in [1.82, 2.24) is 10.2 Å². The average molecular weight is 302 g/mol. The van der Waals surface area contributed by atoms with Crippen LogP contribution in [-0.2, 0) is 16.0 Å². The Balaban J connectivity index is 1.71. The number of hydrogen-bond donors (Lipinski definition) is 1. The summed E-state index contributed by atoms with van der Waals surface area (Å²) in [5.74, 6) is -0.0791. The third-order valence-corrected chi connectivity index (χ3v) is 4.18. The maximum absolute atomic E-state index is 12.1. The first-order chi connectivity index (χ1) is 10.5. The molecule has 0 radical (unpaired) electrons. The molecular weight excluding hydrogens is 276 g/mol. The van der Waals surface area contributed by atoms with Crippen LogP contribution in [0.4, 0.5) is 0 Å². The first-order valence-corrected chi connectivity index (χ1v) is 8.10. The maximum Gasteiger partial charge on any atom is 0.225 e. The Kier molecular flexibility index (Phi) is 5.58. The highest BCUT2D eigenvalue weighted by Gasteiger charge is 2.35. The Morgan fingerprint density at radius 2 is 2.18 bits per heavy atom. The smallest absolute Gasteiger partial charge is 0.225 e. The molecule has 1 aliphatic heterocycles. The Morgan fingerprint density at radius 1 is 1.41 bits per heavy atom. The molecule has 0 aromatic heterocycles. The molecular formula is C18H26N2O2. The Labute approximate surface area is 132 Å². The van der Waals surface area contributed by atoms with E-state index in [9.17, 15) is 9.59 Å². The highest BCUT2D eigenvalue weighted by atomic mass is 16.2. The van der Waals surface area contributed by atoms with Crippen molar-refractivity contribution in [2.24, 2.45) is 5.92 Å². The van der Waals surface area contributed by atoms with Crippen LogP contribution >= 0.6 is 0 Å². The molecule has 1 aliphatic rings. The van der Waals surface area contributed by atoms with Crippen molar-refractivity contribution in [3.05, 3.63) is 35.4 Å². The van der Waals surface area contributed by atoms with E-state index in [1.165, 1.54) is 11.1 Å². The number of nitrogens with zero attached hydrogens (tertiary/aromatic N) is 1. The molecule has 0 bridgehead atoms. The summed E-state index contributed by atoms with van der Waals surface area (Å²) in [4.78, 5) is 25.7. The van der Waals surface area contributed by atoms with Crippen molar-refractivity contribution in [2.75, 3.05) is 13.1 Å². The fourth-order valence-corrected chi connectivity index (χ4v) is 2.92. The zero-order chi connectivity index (χ0) is 16.1. The Hall–Kier alpha value is -1.84. The molecule has 2 amide bonds. The maximum atomic E-state index is 12.1. The van der Waals surface area contributed by atoms with E-state index in [1.807, 2.05) is 13.8 Å². The predicted molar refractivity (Wildman–Crippen MR) is 87.5 cm³/mol. The zero-order valence-corrected chi connectivity index (χ0v) is 13.8. The first kappa shape index (κ1) is 16.5. The van der Waals surface area contributed by atoms with Gasteiger partial charge in [0, 0.05) is 25.6 Å². The molecule has 1 heterocycles. The van der Waals surface area contributed by atoms with Crippen LogP contribution in [0.1, 0.15) is 37.8 Å². The van der Waals surface area contributed by atoms with E-state index in [4.69, 9.17) is 0 Å². The number of amides is 2. The third kappa shape index (κ3) is 4.33. The second kappa shape index (κ2) is 7.43. The molecule has 0 spiro atoms. The summed E-state index contributed by atoms with van der Waals surface area (Å²) in [5.41, 5.74) is 2.57. The Morgan fingerprint density at radius 3 is 2.82 bits per heavy atom. The summed E-state index contributed by atoms with van der Waals surface area (Å²) in [6.45, 7) is 7.28. The van der Waals surface area contributed by atoms with Gasteiger partial charge in [0.15, 0.2) is 0 Å². The molecule has 1 N–H and O–H groups in total. The summed E-state index contributed by atoms with van der Waals surface area (Å²) < 4.78 is 0. The summed E-state index contributed by atoms with van der Waals surface area (Å²) in [7, 11) is 0. The van der Waals surface area contributed by atoms with Gasteiger partial charge < -0.3 is 10.2 Å². The lowest BCUT2D eigenvalue weighted by molar-refractivity contribution is -0.129. The van der Waals surface area contributed by atoms with Gasteiger partial charge >= 0.3 is 0 Å². The van der Waals surface area contributed by atoms with Crippen LogP contribution in [0.25, 0.3) is 0 Å². The minimum absolute atomic E-state index is 0.0146. The summed E-state index contributed by atoms with van der Waals surface area (Å²) in [6.07, 6.45) is 2.23. The van der Waals surface area contributed by atoms with E-state index in [-0.39, 0.29) is 23.8 Å². The van der Waals surface area contributed by atoms with Crippen LogP contribution < -0.4 is 5.32 Å². The molecule has 4 heteroatoms. The van der Waals surface area contributed by atoms with Crippen molar-refractivity contribution in [3.63, 3.8) is 0 Å². The molecule has 0 saturated carbocycles. The molecule has 1 aromatic carbocycles. The molecule has 1 atom stereocenters. The van der Waals surface area contributed by atoms with E-state index in [0.29, 0.717) is 19.5 Å². The molecule has 22 heavy (non-hydrogen) atoms. The fourth-order valence-electron chi connectivity index (χ4n) is 2.92. The van der Waals surface area contributed by atoms with Gasteiger partial charge in [0.2, 0.25) is 11.8 Å². The monoisotopic (exact) mass is 302 g/mol. The molecule has 0 aliphatic carbocycles. The highest BCUT2D eigenvalue weighted by molar-refractivity contribution is 5.89. The van der Waals surface area contributed by atoms with Crippen molar-refractivity contribution in [1.29, 1.82) is 0 Å². The quantitative estimate of drug-likeness (QED) is 0.820. The van der Waals surface area contributed by atoms with Crippen molar-refractivity contribution < 1.29 is 9.59 Å². The molecule has 4 nitrogen and oxygen atoms in total. The minimum Gasteiger partial charge on any atom is -0.356 e. The SMILES string of the molecule is Cc1cccc(CCCNC(=O)[C@H]2CC(=O)N(C(C)C)C2)c1. The largest absolute Gasteiger partial charge is 0.356 e. The van der Waals surface area contributed by atoms with E-state index in [2.05, 4.69) is 36.5 Å². The van der Waals surface area contributed by atoms with Crippen LogP contribution in [-0.4, -0.2) is 35.8 Å². The average Bonchev–Trinajstić information content (AvgIpc) is 2.86. The predicted octanol–water partition coefficient (Wildman–Crippen LogP) is 2.30. The number of carbonyl (C=O) groups is 2. The number of rotatable bonds is 6. The van der Waals surface area contributed by atoms with Gasteiger partial charge in [0.05, 0.1) is 5.92 Å². The van der Waals surface area contributed by atoms with Crippen LogP contribution in [0, 0.1) is 12.8 Å². The van der Waals surface area contributed by atoms with Gasteiger partial charge in [-0.15, -0.1) is 0 Å². The number of hydrogen-bond acceptors (Lipinski definition) is 2. The lowest BCUT2D eigenvalue weighted by Gasteiger charge is -2.20. The lowest BCUT2D eigenvalue weighted by Crippen LogP contribution is -2.35. The van der Waals surface area contributed by atoms with Crippen molar-refractivity contribution >= 4 is 11.8 Å². The highest BCUT2D eigenvalue weighted by Crippen LogP contribution is 2.20. The summed E-state index contributed by atoms with van der Waals surface area (Å²) in [5, 5.41) is 2.97. The van der Waals surface area contributed by atoms with Gasteiger partial charge in [0.25, 0.3) is 0 Å². The standard InChI is InChI=1S/C18H26N2O2/c1-13(2)20-12-16(11-17(20)21)18(22)19-9-5-8-15-7-4-6-14(3)10-15/h4,6-7,10,13,16H,5,8-9,11-12H2,1-3H3,(H,19,22)/t16-/m0/s1. The second-order valence-electron chi connectivity index (χ2n) is 6.42. The third-order valence-electron chi connectivity index (χ3n) is 4.18. The molecule has 1 fully saturated rings. The number of nitrogens with one attached hydrogen (secondary N) is 1. The second-order valence-corrected chi connectivity index (χ2v) is 6.42. The number of likely N-dealkylation sites (tertiary alicyclic amines) is 1. The van der Waals surface area contributed by atoms with Crippen molar-refractivity contribution in [3.8, 4) is 0 Å². The molecule has 2 rings (SSSR count). The van der Waals surface area contributed by atoms with E-state index in [1.54, 1.807) is 4.90 Å². The number of benzene rings is 1. The first-order valence-electron chi connectivity index (χ1n) is 8.10. The van der Waals surface area contributed by atoms with Crippen LogP contribution in [0.2, 0.25) is 0 Å². The van der Waals surface area contributed by atoms with Gasteiger partial charge in [-0.25, -0.2) is 0 Å². The lowest BCUT2D eigenvalue weighted by atomic mass is 10.1. The summed E-state index contributed by atoms with van der Waals surface area (Å²) in [6, 6.07) is 8.62. The topological polar surface area (TPSA) is 49.4 Å². The van der Waals surface area contributed by atoms with Gasteiger partial charge in [-0.05, 0) is 39.2 Å². The van der Waals surface area contributed by atoms with Crippen LogP contribution in [0.3, 0.4) is 0 Å². The fraction of sp³-hybridized carbons (Fsp3) is 0.556. The van der Waals surface area contributed by atoms with Gasteiger partial charge in [-0.3, -0.25) is 9.59 Å². The minimum atomic E-state index is -0.186. The molecule has 1 saturated heterocycles. The van der Waals surface area contributed by atoms with Crippen molar-refractivity contribution in [2.45, 2.75) is 46.1 Å². The van der Waals surface area contributed by atoms with Crippen LogP contribution in [0.15, 0.2) is 24.3 Å². The van der Waals surface area contributed by atoms with E-state index >= 15 is 0 Å². The Bertz CT molecular complexity index is 540. The molecule has 1 aromatic rings. The normalized spacial score (nSPS) is 18.1. The summed E-state index contributed by atoms with van der Waals surface area (Å²) >= 11 is 0. The molecule has 120 valence electrons. The molecule has 0 unspecified atom stereocenters. The number of carbonyl (C=O) groups excluding carboxylic acids is 2. The zero-order valence-electron chi connectivity index (χ0n) is 13.8. The van der Waals surface area contributed by atoms with Gasteiger partial charge in [-0.2, -0.15) is 0 Å². The van der Waals surface area contributed by atoms with Gasteiger partial charge in [0.1, 0.15) is 0 Å². The van der Waals surface area contributed by atoms with E-state index < -0.39 is 0 Å². The van der Waals surface area contributed by atoms with Crippen LogP contribution in [0.5, 0.6) is 0 Å². The van der Waals surface area contributed by atoms with E-state index in [0.717, 1.165) is 12.8 Å². The number of aryl methyl sites for hydroxylation is 2.